The Kier molecular flexibility index (Phi) is 6.10. The Balaban J connectivity index is 1.63. The van der Waals surface area contributed by atoms with E-state index in [2.05, 4.69) is 26.8 Å². The van der Waals surface area contributed by atoms with Crippen LogP contribution in [0.15, 0.2) is 47.7 Å². The van der Waals surface area contributed by atoms with Crippen molar-refractivity contribution < 1.29 is 9.84 Å². The first-order chi connectivity index (χ1) is 13.0. The van der Waals surface area contributed by atoms with Crippen LogP contribution in [0.25, 0.3) is 5.70 Å². The zero-order chi connectivity index (χ0) is 19.2. The average Bonchev–Trinajstić information content (AvgIpc) is 3.04. The number of allylic oxidation sites excluding steroid dienone is 1. The molecule has 7 nitrogen and oxygen atoms in total. The summed E-state index contributed by atoms with van der Waals surface area (Å²) >= 11 is 1.58. The predicted molar refractivity (Wildman–Crippen MR) is 111 cm³/mol. The first-order valence-corrected chi connectivity index (χ1v) is 9.40. The Hall–Kier alpha value is -2.84. The van der Waals surface area contributed by atoms with Crippen LogP contribution in [0.1, 0.15) is 10.6 Å². The van der Waals surface area contributed by atoms with Gasteiger partial charge in [-0.3, -0.25) is 0 Å². The molecule has 2 heterocycles. The zero-order valence-corrected chi connectivity index (χ0v) is 16.0. The van der Waals surface area contributed by atoms with Gasteiger partial charge in [-0.05, 0) is 25.1 Å². The van der Waals surface area contributed by atoms with E-state index in [1.165, 1.54) is 0 Å². The first kappa shape index (κ1) is 18.9. The molecular formula is C19H23N5O2S. The van der Waals surface area contributed by atoms with Gasteiger partial charge in [-0.15, -0.1) is 0 Å². The van der Waals surface area contributed by atoms with E-state index in [0.29, 0.717) is 17.2 Å². The Bertz CT molecular complexity index is 869. The van der Waals surface area contributed by atoms with Gasteiger partial charge in [0, 0.05) is 31.1 Å². The standard InChI is InChI=1S/C19H23N5O2S/c1-13-18(27-19(22-13)24-8-10-26-11-9-24)17(20)6-7-21-14(2)23-15-4-3-5-16(25)12-15/h3-7,12,23,25H,2,8-11,20H2,1H3/b17-6-,21-7-. The van der Waals surface area contributed by atoms with Crippen molar-refractivity contribution in [3.63, 3.8) is 0 Å². The molecule has 1 fully saturated rings. The van der Waals surface area contributed by atoms with Crippen LogP contribution in [0.4, 0.5) is 10.8 Å². The van der Waals surface area contributed by atoms with Gasteiger partial charge < -0.3 is 25.8 Å². The second-order valence-electron chi connectivity index (χ2n) is 6.03. The molecule has 0 unspecified atom stereocenters. The van der Waals surface area contributed by atoms with Crippen LogP contribution in [0, 0.1) is 6.92 Å². The lowest BCUT2D eigenvalue weighted by molar-refractivity contribution is 0.122. The molecule has 27 heavy (non-hydrogen) atoms. The molecule has 1 aromatic carbocycles. The fourth-order valence-electron chi connectivity index (χ4n) is 2.61. The molecule has 8 heteroatoms. The van der Waals surface area contributed by atoms with Crippen LogP contribution in [-0.4, -0.2) is 42.6 Å². The lowest BCUT2D eigenvalue weighted by Crippen LogP contribution is -2.36. The highest BCUT2D eigenvalue weighted by molar-refractivity contribution is 7.16. The molecule has 0 atom stereocenters. The maximum absolute atomic E-state index is 9.47. The van der Waals surface area contributed by atoms with E-state index in [1.807, 2.05) is 13.0 Å². The van der Waals surface area contributed by atoms with E-state index in [4.69, 9.17) is 10.5 Å². The van der Waals surface area contributed by atoms with Crippen LogP contribution in [0.2, 0.25) is 0 Å². The Morgan fingerprint density at radius 2 is 2.22 bits per heavy atom. The number of phenolic OH excluding ortho intramolecular Hbond substituents is 1. The molecule has 142 valence electrons. The number of thiazole rings is 1. The molecule has 0 aliphatic carbocycles. The summed E-state index contributed by atoms with van der Waals surface area (Å²) in [4.78, 5) is 12.0. The number of nitrogens with two attached hydrogens (primary N) is 1. The van der Waals surface area contributed by atoms with Gasteiger partial charge in [0.25, 0.3) is 0 Å². The summed E-state index contributed by atoms with van der Waals surface area (Å²) in [6.07, 6.45) is 3.33. The molecule has 1 saturated heterocycles. The van der Waals surface area contributed by atoms with Gasteiger partial charge in [0.2, 0.25) is 0 Å². The van der Waals surface area contributed by atoms with Crippen molar-refractivity contribution in [3.05, 3.63) is 53.3 Å². The third-order valence-electron chi connectivity index (χ3n) is 3.95. The van der Waals surface area contributed by atoms with Crippen LogP contribution < -0.4 is 16.0 Å². The van der Waals surface area contributed by atoms with E-state index in [-0.39, 0.29) is 5.75 Å². The van der Waals surface area contributed by atoms with Crippen molar-refractivity contribution in [1.82, 2.24) is 4.98 Å². The second-order valence-corrected chi connectivity index (χ2v) is 7.01. The molecular weight excluding hydrogens is 362 g/mol. The van der Waals surface area contributed by atoms with Crippen molar-refractivity contribution in [2.45, 2.75) is 6.92 Å². The SMILES string of the molecule is C=C(/N=C\C=C(/N)c1sc(N2CCOCC2)nc1C)Nc1cccc(O)c1. The minimum absolute atomic E-state index is 0.178. The first-order valence-electron chi connectivity index (χ1n) is 8.58. The molecule has 1 aromatic heterocycles. The van der Waals surface area contributed by atoms with Gasteiger partial charge in [-0.25, -0.2) is 9.98 Å². The van der Waals surface area contributed by atoms with Gasteiger partial charge in [-0.1, -0.05) is 24.0 Å². The Morgan fingerprint density at radius 1 is 1.44 bits per heavy atom. The molecule has 0 saturated carbocycles. The van der Waals surface area contributed by atoms with E-state index in [1.54, 1.807) is 41.8 Å². The number of aromatic nitrogens is 1. The number of aryl methyl sites for hydroxylation is 1. The van der Waals surface area contributed by atoms with Crippen molar-refractivity contribution >= 4 is 34.1 Å². The van der Waals surface area contributed by atoms with E-state index in [9.17, 15) is 5.11 Å². The van der Waals surface area contributed by atoms with Crippen molar-refractivity contribution in [2.75, 3.05) is 36.5 Å². The number of aliphatic imine (C=N–C) groups is 1. The molecule has 0 radical (unpaired) electrons. The fraction of sp³-hybridized carbons (Fsp3) is 0.263. The maximum Gasteiger partial charge on any atom is 0.186 e. The normalized spacial score (nSPS) is 15.3. The van der Waals surface area contributed by atoms with Gasteiger partial charge in [0.15, 0.2) is 5.13 Å². The highest BCUT2D eigenvalue weighted by Gasteiger charge is 2.17. The zero-order valence-electron chi connectivity index (χ0n) is 15.2. The van der Waals surface area contributed by atoms with Crippen LogP contribution in [0.5, 0.6) is 5.75 Å². The minimum atomic E-state index is 0.178. The number of phenols is 1. The molecule has 0 amide bonds. The van der Waals surface area contributed by atoms with Gasteiger partial charge >= 0.3 is 0 Å². The number of hydrogen-bond donors (Lipinski definition) is 3. The number of rotatable bonds is 6. The second kappa shape index (κ2) is 8.70. The lowest BCUT2D eigenvalue weighted by Gasteiger charge is -2.26. The van der Waals surface area contributed by atoms with Gasteiger partial charge in [0.1, 0.15) is 11.6 Å². The molecule has 0 bridgehead atoms. The summed E-state index contributed by atoms with van der Waals surface area (Å²) in [6, 6.07) is 6.76. The summed E-state index contributed by atoms with van der Waals surface area (Å²) in [5.74, 6) is 0.623. The average molecular weight is 385 g/mol. The summed E-state index contributed by atoms with van der Waals surface area (Å²) in [5.41, 5.74) is 8.43. The number of anilines is 2. The molecule has 4 N–H and O–H groups in total. The summed E-state index contributed by atoms with van der Waals surface area (Å²) < 4.78 is 5.38. The number of benzene rings is 1. The molecule has 2 aromatic rings. The largest absolute Gasteiger partial charge is 0.508 e. The third-order valence-corrected chi connectivity index (χ3v) is 5.22. The summed E-state index contributed by atoms with van der Waals surface area (Å²) in [6.45, 7) is 8.93. The predicted octanol–water partition coefficient (Wildman–Crippen LogP) is 2.95. The lowest BCUT2D eigenvalue weighted by atomic mass is 10.3. The number of aromatic hydroxyl groups is 1. The summed E-state index contributed by atoms with van der Waals surface area (Å²) in [7, 11) is 0. The van der Waals surface area contributed by atoms with Crippen LogP contribution in [0.3, 0.4) is 0 Å². The minimum Gasteiger partial charge on any atom is -0.508 e. The molecule has 1 aliphatic heterocycles. The smallest absolute Gasteiger partial charge is 0.186 e. The number of nitrogens with zero attached hydrogens (tertiary/aromatic N) is 3. The molecule has 0 spiro atoms. The third kappa shape index (κ3) is 5.08. The Morgan fingerprint density at radius 3 is 2.96 bits per heavy atom. The highest BCUT2D eigenvalue weighted by Crippen LogP contribution is 2.29. The monoisotopic (exact) mass is 385 g/mol. The van der Waals surface area contributed by atoms with E-state index >= 15 is 0 Å². The number of ether oxygens (including phenoxy) is 1. The highest BCUT2D eigenvalue weighted by atomic mass is 32.1. The van der Waals surface area contributed by atoms with E-state index < -0.39 is 0 Å². The maximum atomic E-state index is 9.47. The van der Waals surface area contributed by atoms with Crippen molar-refractivity contribution in [1.29, 1.82) is 0 Å². The summed E-state index contributed by atoms with van der Waals surface area (Å²) in [5, 5.41) is 13.4. The van der Waals surface area contributed by atoms with Crippen LogP contribution in [-0.2, 0) is 4.74 Å². The quantitative estimate of drug-likeness (QED) is 0.662. The molecule has 3 rings (SSSR count). The van der Waals surface area contributed by atoms with Gasteiger partial charge in [-0.2, -0.15) is 0 Å². The van der Waals surface area contributed by atoms with E-state index in [0.717, 1.165) is 42.0 Å². The van der Waals surface area contributed by atoms with Crippen molar-refractivity contribution in [2.24, 2.45) is 10.7 Å². The van der Waals surface area contributed by atoms with Crippen LogP contribution >= 0.6 is 11.3 Å². The van der Waals surface area contributed by atoms with Crippen molar-refractivity contribution in [3.8, 4) is 5.75 Å². The molecule has 1 aliphatic rings. The topological polar surface area (TPSA) is 96.0 Å². The number of morpholine rings is 1. The fourth-order valence-corrected chi connectivity index (χ4v) is 3.66. The number of hydrogen-bond acceptors (Lipinski definition) is 8. The Labute approximate surface area is 162 Å². The number of nitrogens with one attached hydrogen (secondary N) is 1. The van der Waals surface area contributed by atoms with Gasteiger partial charge in [0.05, 0.1) is 29.5 Å².